The monoisotopic (exact) mass is 214 g/mol. The van der Waals surface area contributed by atoms with E-state index >= 15 is 0 Å². The SMILES string of the molecule is CCC(CO)COc1cccc(Cl)c1. The van der Waals surface area contributed by atoms with Crippen LogP contribution >= 0.6 is 11.6 Å². The second-order valence-electron chi connectivity index (χ2n) is 3.23. The van der Waals surface area contributed by atoms with Gasteiger partial charge in [0.15, 0.2) is 0 Å². The average Bonchev–Trinajstić information content (AvgIpc) is 2.19. The Labute approximate surface area is 89.5 Å². The minimum Gasteiger partial charge on any atom is -0.493 e. The van der Waals surface area contributed by atoms with Crippen molar-refractivity contribution in [3.05, 3.63) is 29.3 Å². The minimum atomic E-state index is 0.164. The molecular formula is C11H15ClO2. The van der Waals surface area contributed by atoms with Gasteiger partial charge in [-0.05, 0) is 24.6 Å². The molecule has 0 spiro atoms. The summed E-state index contributed by atoms with van der Waals surface area (Å²) >= 11 is 5.80. The molecule has 0 radical (unpaired) electrons. The smallest absolute Gasteiger partial charge is 0.120 e. The predicted molar refractivity (Wildman–Crippen MR) is 57.8 cm³/mol. The molecule has 0 heterocycles. The fraction of sp³-hybridized carbons (Fsp3) is 0.455. The van der Waals surface area contributed by atoms with Crippen LogP contribution in [0.5, 0.6) is 5.75 Å². The highest BCUT2D eigenvalue weighted by molar-refractivity contribution is 6.30. The second-order valence-corrected chi connectivity index (χ2v) is 3.66. The molecule has 1 unspecified atom stereocenters. The molecule has 1 aromatic carbocycles. The summed E-state index contributed by atoms with van der Waals surface area (Å²) < 4.78 is 5.49. The number of hydrogen-bond donors (Lipinski definition) is 1. The molecule has 0 aliphatic heterocycles. The third kappa shape index (κ3) is 3.56. The number of benzene rings is 1. The van der Waals surface area contributed by atoms with Gasteiger partial charge in [0, 0.05) is 17.5 Å². The molecule has 14 heavy (non-hydrogen) atoms. The maximum Gasteiger partial charge on any atom is 0.120 e. The largest absolute Gasteiger partial charge is 0.493 e. The molecule has 0 bridgehead atoms. The molecule has 1 rings (SSSR count). The van der Waals surface area contributed by atoms with E-state index in [1.165, 1.54) is 0 Å². The fourth-order valence-corrected chi connectivity index (χ4v) is 1.25. The summed E-state index contributed by atoms with van der Waals surface area (Å²) in [5, 5.41) is 9.62. The molecule has 0 aliphatic rings. The first-order valence-electron chi connectivity index (χ1n) is 4.75. The van der Waals surface area contributed by atoms with Crippen molar-refractivity contribution in [2.75, 3.05) is 13.2 Å². The van der Waals surface area contributed by atoms with E-state index in [1.807, 2.05) is 19.1 Å². The van der Waals surface area contributed by atoms with Crippen molar-refractivity contribution in [3.8, 4) is 5.75 Å². The zero-order valence-corrected chi connectivity index (χ0v) is 9.00. The number of ether oxygens (including phenoxy) is 1. The predicted octanol–water partition coefficient (Wildman–Crippen LogP) is 2.74. The summed E-state index contributed by atoms with van der Waals surface area (Å²) in [5.74, 6) is 0.957. The maximum absolute atomic E-state index is 8.95. The van der Waals surface area contributed by atoms with Gasteiger partial charge in [-0.25, -0.2) is 0 Å². The Bertz CT molecular complexity index is 272. The molecule has 0 saturated carbocycles. The molecule has 1 N–H and O–H groups in total. The lowest BCUT2D eigenvalue weighted by Gasteiger charge is -2.12. The van der Waals surface area contributed by atoms with Crippen LogP contribution in [0.3, 0.4) is 0 Å². The van der Waals surface area contributed by atoms with Gasteiger partial charge in [-0.15, -0.1) is 0 Å². The lowest BCUT2D eigenvalue weighted by atomic mass is 10.1. The average molecular weight is 215 g/mol. The Morgan fingerprint density at radius 1 is 1.50 bits per heavy atom. The number of rotatable bonds is 5. The van der Waals surface area contributed by atoms with Gasteiger partial charge in [0.2, 0.25) is 0 Å². The van der Waals surface area contributed by atoms with E-state index in [4.69, 9.17) is 21.4 Å². The zero-order chi connectivity index (χ0) is 10.4. The number of aliphatic hydroxyl groups excluding tert-OH is 1. The Balaban J connectivity index is 2.44. The van der Waals surface area contributed by atoms with Gasteiger partial charge in [-0.3, -0.25) is 0 Å². The fourth-order valence-electron chi connectivity index (χ4n) is 1.07. The summed E-state index contributed by atoms with van der Waals surface area (Å²) in [6, 6.07) is 7.27. The molecule has 0 aromatic heterocycles. The zero-order valence-electron chi connectivity index (χ0n) is 8.24. The molecule has 78 valence electrons. The molecule has 0 saturated heterocycles. The lowest BCUT2D eigenvalue weighted by molar-refractivity contribution is 0.160. The summed E-state index contributed by atoms with van der Waals surface area (Å²) in [6.45, 7) is 2.73. The van der Waals surface area contributed by atoms with Crippen molar-refractivity contribution >= 4 is 11.6 Å². The van der Waals surface area contributed by atoms with Crippen LogP contribution in [0.2, 0.25) is 5.02 Å². The van der Waals surface area contributed by atoms with Crippen LogP contribution < -0.4 is 4.74 Å². The molecule has 0 fully saturated rings. The molecule has 1 atom stereocenters. The second kappa shape index (κ2) is 5.89. The molecule has 0 amide bonds. The maximum atomic E-state index is 8.95. The minimum absolute atomic E-state index is 0.164. The molecule has 3 heteroatoms. The van der Waals surface area contributed by atoms with Gasteiger partial charge < -0.3 is 9.84 Å². The molecule has 2 nitrogen and oxygen atoms in total. The standard InChI is InChI=1S/C11H15ClO2/c1-2-9(7-13)8-14-11-5-3-4-10(12)6-11/h3-6,9,13H,2,7-8H2,1H3. The topological polar surface area (TPSA) is 29.5 Å². The van der Waals surface area contributed by atoms with Crippen LogP contribution in [-0.2, 0) is 0 Å². The van der Waals surface area contributed by atoms with Crippen LogP contribution in [0.4, 0.5) is 0 Å². The van der Waals surface area contributed by atoms with Crippen LogP contribution in [0.15, 0.2) is 24.3 Å². The van der Waals surface area contributed by atoms with Crippen molar-refractivity contribution < 1.29 is 9.84 Å². The third-order valence-corrected chi connectivity index (χ3v) is 2.35. The Kier molecular flexibility index (Phi) is 4.77. The van der Waals surface area contributed by atoms with Crippen LogP contribution in [0.1, 0.15) is 13.3 Å². The van der Waals surface area contributed by atoms with E-state index in [9.17, 15) is 0 Å². The van der Waals surface area contributed by atoms with Gasteiger partial charge in [-0.2, -0.15) is 0 Å². The number of hydrogen-bond acceptors (Lipinski definition) is 2. The molecule has 1 aromatic rings. The van der Waals surface area contributed by atoms with Crippen molar-refractivity contribution in [3.63, 3.8) is 0 Å². The Morgan fingerprint density at radius 2 is 2.29 bits per heavy atom. The third-order valence-electron chi connectivity index (χ3n) is 2.12. The van der Waals surface area contributed by atoms with Crippen molar-refractivity contribution in [1.29, 1.82) is 0 Å². The highest BCUT2D eigenvalue weighted by atomic mass is 35.5. The summed E-state index contributed by atoms with van der Waals surface area (Å²) in [6.07, 6.45) is 0.914. The van der Waals surface area contributed by atoms with Crippen molar-refractivity contribution in [2.24, 2.45) is 5.92 Å². The van der Waals surface area contributed by atoms with Crippen molar-refractivity contribution in [2.45, 2.75) is 13.3 Å². The van der Waals surface area contributed by atoms with Gasteiger partial charge in [0.05, 0.1) is 6.61 Å². The van der Waals surface area contributed by atoms with E-state index in [0.717, 1.165) is 12.2 Å². The summed E-state index contributed by atoms with van der Waals surface area (Å²) in [4.78, 5) is 0. The number of halogens is 1. The molecular weight excluding hydrogens is 200 g/mol. The summed E-state index contributed by atoms with van der Waals surface area (Å²) in [5.41, 5.74) is 0. The van der Waals surface area contributed by atoms with Crippen LogP contribution in [0, 0.1) is 5.92 Å². The van der Waals surface area contributed by atoms with Gasteiger partial charge in [0.25, 0.3) is 0 Å². The van der Waals surface area contributed by atoms with E-state index in [2.05, 4.69) is 0 Å². The van der Waals surface area contributed by atoms with E-state index in [1.54, 1.807) is 12.1 Å². The van der Waals surface area contributed by atoms with Crippen molar-refractivity contribution in [1.82, 2.24) is 0 Å². The molecule has 0 aliphatic carbocycles. The van der Waals surface area contributed by atoms with Gasteiger partial charge in [-0.1, -0.05) is 24.6 Å². The normalized spacial score (nSPS) is 12.5. The first kappa shape index (κ1) is 11.3. The van der Waals surface area contributed by atoms with Crippen LogP contribution in [-0.4, -0.2) is 18.3 Å². The Hall–Kier alpha value is -0.730. The van der Waals surface area contributed by atoms with E-state index in [0.29, 0.717) is 11.6 Å². The van der Waals surface area contributed by atoms with E-state index < -0.39 is 0 Å². The van der Waals surface area contributed by atoms with E-state index in [-0.39, 0.29) is 12.5 Å². The lowest BCUT2D eigenvalue weighted by Crippen LogP contribution is -2.14. The highest BCUT2D eigenvalue weighted by Gasteiger charge is 2.05. The Morgan fingerprint density at radius 3 is 2.86 bits per heavy atom. The van der Waals surface area contributed by atoms with Crippen LogP contribution in [0.25, 0.3) is 0 Å². The number of aliphatic hydroxyl groups is 1. The van der Waals surface area contributed by atoms with Gasteiger partial charge in [0.1, 0.15) is 5.75 Å². The van der Waals surface area contributed by atoms with Gasteiger partial charge >= 0.3 is 0 Å². The summed E-state index contributed by atoms with van der Waals surface area (Å²) in [7, 11) is 0. The highest BCUT2D eigenvalue weighted by Crippen LogP contribution is 2.18. The first-order chi connectivity index (χ1) is 6.76. The first-order valence-corrected chi connectivity index (χ1v) is 5.13. The quantitative estimate of drug-likeness (QED) is 0.817.